The molecule has 17 heavy (non-hydrogen) atoms. The molecule has 1 aromatic carbocycles. The summed E-state index contributed by atoms with van der Waals surface area (Å²) in [6, 6.07) is 5.46. The van der Waals surface area contributed by atoms with E-state index < -0.39 is 11.7 Å². The first-order valence-corrected chi connectivity index (χ1v) is 5.91. The molecule has 0 aliphatic rings. The molecule has 0 saturated carbocycles. The first-order valence-electron chi connectivity index (χ1n) is 5.91. The number of halogens is 3. The van der Waals surface area contributed by atoms with E-state index in [0.29, 0.717) is 12.1 Å². The summed E-state index contributed by atoms with van der Waals surface area (Å²) < 4.78 is 37.3. The molecule has 0 spiro atoms. The van der Waals surface area contributed by atoms with Crippen molar-refractivity contribution in [3.05, 3.63) is 35.4 Å². The van der Waals surface area contributed by atoms with Crippen LogP contribution >= 0.6 is 0 Å². The number of alkyl halides is 3. The molecule has 0 unspecified atom stereocenters. The lowest BCUT2D eigenvalue weighted by Gasteiger charge is -2.09. The molecule has 1 nitrogen and oxygen atoms in total. The van der Waals surface area contributed by atoms with Crippen LogP contribution in [0.25, 0.3) is 0 Å². The van der Waals surface area contributed by atoms with Crippen LogP contribution in [0, 0.1) is 0 Å². The van der Waals surface area contributed by atoms with Gasteiger partial charge in [-0.15, -0.1) is 0 Å². The molecule has 0 bridgehead atoms. The number of unbranched alkanes of at least 4 members (excludes halogenated alkanes) is 2. The Kier molecular flexibility index (Phi) is 5.48. The van der Waals surface area contributed by atoms with E-state index in [9.17, 15) is 13.2 Å². The van der Waals surface area contributed by atoms with Crippen LogP contribution in [-0.4, -0.2) is 6.54 Å². The van der Waals surface area contributed by atoms with E-state index in [-0.39, 0.29) is 0 Å². The summed E-state index contributed by atoms with van der Waals surface area (Å²) in [7, 11) is 0. The summed E-state index contributed by atoms with van der Waals surface area (Å²) in [6.45, 7) is 3.46. The molecule has 0 aromatic heterocycles. The maximum atomic E-state index is 12.4. The third-order valence-corrected chi connectivity index (χ3v) is 2.54. The monoisotopic (exact) mass is 245 g/mol. The average molecular weight is 245 g/mol. The highest BCUT2D eigenvalue weighted by Gasteiger charge is 2.30. The second-order valence-electron chi connectivity index (χ2n) is 4.08. The van der Waals surface area contributed by atoms with Crippen LogP contribution in [-0.2, 0) is 12.7 Å². The summed E-state index contributed by atoms with van der Waals surface area (Å²) in [6.07, 6.45) is -0.894. The van der Waals surface area contributed by atoms with Crippen molar-refractivity contribution >= 4 is 0 Å². The first kappa shape index (κ1) is 14.0. The normalized spacial score (nSPS) is 11.8. The molecule has 0 heterocycles. The van der Waals surface area contributed by atoms with Gasteiger partial charge in [0.05, 0.1) is 5.56 Å². The van der Waals surface area contributed by atoms with Crippen molar-refractivity contribution in [2.75, 3.05) is 6.54 Å². The summed E-state index contributed by atoms with van der Waals surface area (Å²) in [5, 5.41) is 3.15. The van der Waals surface area contributed by atoms with E-state index in [1.807, 2.05) is 0 Å². The Bertz CT molecular complexity index is 334. The molecule has 1 rings (SSSR count). The molecule has 0 saturated heterocycles. The molecule has 0 aliphatic heterocycles. The fourth-order valence-electron chi connectivity index (χ4n) is 1.59. The predicted molar refractivity (Wildman–Crippen MR) is 62.7 cm³/mol. The Morgan fingerprint density at radius 2 is 1.94 bits per heavy atom. The number of hydrogen-bond donors (Lipinski definition) is 1. The minimum atomic E-state index is -4.25. The van der Waals surface area contributed by atoms with Crippen molar-refractivity contribution in [3.63, 3.8) is 0 Å². The van der Waals surface area contributed by atoms with Crippen LogP contribution < -0.4 is 5.32 Å². The topological polar surface area (TPSA) is 12.0 Å². The van der Waals surface area contributed by atoms with Crippen LogP contribution in [0.15, 0.2) is 24.3 Å². The Morgan fingerprint density at radius 1 is 1.18 bits per heavy atom. The molecule has 1 N–H and O–H groups in total. The van der Waals surface area contributed by atoms with E-state index in [0.717, 1.165) is 31.9 Å². The van der Waals surface area contributed by atoms with Crippen molar-refractivity contribution in [3.8, 4) is 0 Å². The zero-order valence-electron chi connectivity index (χ0n) is 9.98. The lowest BCUT2D eigenvalue weighted by molar-refractivity contribution is -0.137. The van der Waals surface area contributed by atoms with Gasteiger partial charge in [0.1, 0.15) is 0 Å². The van der Waals surface area contributed by atoms with E-state index in [2.05, 4.69) is 12.2 Å². The van der Waals surface area contributed by atoms with Gasteiger partial charge in [-0.25, -0.2) is 0 Å². The van der Waals surface area contributed by atoms with Gasteiger partial charge in [-0.2, -0.15) is 13.2 Å². The molecule has 4 heteroatoms. The van der Waals surface area contributed by atoms with Crippen LogP contribution in [0.1, 0.15) is 37.3 Å². The summed E-state index contributed by atoms with van der Waals surface area (Å²) >= 11 is 0. The fourth-order valence-corrected chi connectivity index (χ4v) is 1.59. The second-order valence-corrected chi connectivity index (χ2v) is 4.08. The van der Waals surface area contributed by atoms with Crippen molar-refractivity contribution in [1.29, 1.82) is 0 Å². The van der Waals surface area contributed by atoms with E-state index in [1.54, 1.807) is 6.07 Å². The highest BCUT2D eigenvalue weighted by molar-refractivity contribution is 5.25. The Hall–Kier alpha value is -1.03. The Morgan fingerprint density at radius 3 is 2.59 bits per heavy atom. The zero-order chi connectivity index (χ0) is 12.7. The highest BCUT2D eigenvalue weighted by Crippen LogP contribution is 2.29. The van der Waals surface area contributed by atoms with Gasteiger partial charge in [-0.05, 0) is 24.6 Å². The van der Waals surface area contributed by atoms with Crippen molar-refractivity contribution in [1.82, 2.24) is 5.32 Å². The molecule has 0 amide bonds. The molecule has 0 aliphatic carbocycles. The number of nitrogens with one attached hydrogen (secondary N) is 1. The van der Waals surface area contributed by atoms with Crippen LogP contribution in [0.3, 0.4) is 0 Å². The van der Waals surface area contributed by atoms with Crippen LogP contribution in [0.2, 0.25) is 0 Å². The molecule has 96 valence electrons. The van der Waals surface area contributed by atoms with Gasteiger partial charge < -0.3 is 5.32 Å². The van der Waals surface area contributed by atoms with Gasteiger partial charge in [-0.1, -0.05) is 38.0 Å². The average Bonchev–Trinajstić information content (AvgIpc) is 2.28. The Labute approximate surface area is 100 Å². The van der Waals surface area contributed by atoms with Gasteiger partial charge in [0.15, 0.2) is 0 Å². The smallest absolute Gasteiger partial charge is 0.313 e. The molecular formula is C13H18F3N. The Balaban J connectivity index is 2.44. The van der Waals surface area contributed by atoms with E-state index in [4.69, 9.17) is 0 Å². The summed E-state index contributed by atoms with van der Waals surface area (Å²) in [5.41, 5.74) is 0.0988. The largest absolute Gasteiger partial charge is 0.416 e. The minimum absolute atomic E-state index is 0.494. The van der Waals surface area contributed by atoms with Gasteiger partial charge >= 0.3 is 6.18 Å². The third kappa shape index (κ3) is 5.22. The fraction of sp³-hybridized carbons (Fsp3) is 0.538. The van der Waals surface area contributed by atoms with Crippen molar-refractivity contribution in [2.45, 2.75) is 38.9 Å². The molecule has 0 atom stereocenters. The number of rotatable bonds is 6. The molecule has 0 fully saturated rings. The maximum absolute atomic E-state index is 12.4. The van der Waals surface area contributed by atoms with Crippen molar-refractivity contribution in [2.24, 2.45) is 0 Å². The van der Waals surface area contributed by atoms with Gasteiger partial charge in [0, 0.05) is 6.54 Å². The predicted octanol–water partition coefficient (Wildman–Crippen LogP) is 3.99. The third-order valence-electron chi connectivity index (χ3n) is 2.54. The molecular weight excluding hydrogens is 227 g/mol. The quantitative estimate of drug-likeness (QED) is 0.747. The summed E-state index contributed by atoms with van der Waals surface area (Å²) in [4.78, 5) is 0. The molecule has 0 radical (unpaired) electrons. The van der Waals surface area contributed by atoms with Crippen LogP contribution in [0.4, 0.5) is 13.2 Å². The molecule has 1 aromatic rings. The number of benzene rings is 1. The van der Waals surface area contributed by atoms with Crippen LogP contribution in [0.5, 0.6) is 0 Å². The second kappa shape index (κ2) is 6.64. The van der Waals surface area contributed by atoms with Gasteiger partial charge in [-0.3, -0.25) is 0 Å². The minimum Gasteiger partial charge on any atom is -0.313 e. The van der Waals surface area contributed by atoms with Crippen molar-refractivity contribution < 1.29 is 13.2 Å². The maximum Gasteiger partial charge on any atom is 0.416 e. The zero-order valence-corrected chi connectivity index (χ0v) is 9.98. The lowest BCUT2D eigenvalue weighted by Crippen LogP contribution is -2.15. The van der Waals surface area contributed by atoms with E-state index in [1.165, 1.54) is 12.1 Å². The summed E-state index contributed by atoms with van der Waals surface area (Å²) in [5.74, 6) is 0. The number of hydrogen-bond acceptors (Lipinski definition) is 1. The van der Waals surface area contributed by atoms with E-state index >= 15 is 0 Å². The van der Waals surface area contributed by atoms with Gasteiger partial charge in [0.2, 0.25) is 0 Å². The SMILES string of the molecule is CCCCCNCc1cccc(C(F)(F)F)c1. The standard InChI is InChI=1S/C13H18F3N/c1-2-3-4-8-17-10-11-6-5-7-12(9-11)13(14,15)16/h5-7,9,17H,2-4,8,10H2,1H3. The first-order chi connectivity index (χ1) is 8.04. The highest BCUT2D eigenvalue weighted by atomic mass is 19.4. The van der Waals surface area contributed by atoms with Gasteiger partial charge in [0.25, 0.3) is 0 Å². The lowest BCUT2D eigenvalue weighted by atomic mass is 10.1.